The van der Waals surface area contributed by atoms with Crippen molar-refractivity contribution in [3.63, 3.8) is 0 Å². The minimum Gasteiger partial charge on any atom is -0.378 e. The van der Waals surface area contributed by atoms with Crippen molar-refractivity contribution in [2.24, 2.45) is 17.8 Å². The summed E-state index contributed by atoms with van der Waals surface area (Å²) in [4.78, 5) is 20.2. The van der Waals surface area contributed by atoms with Crippen LogP contribution >= 0.6 is 0 Å². The Morgan fingerprint density at radius 1 is 0.967 bits per heavy atom. The van der Waals surface area contributed by atoms with Gasteiger partial charge in [-0.15, -0.1) is 0 Å². The van der Waals surface area contributed by atoms with E-state index in [1.54, 1.807) is 0 Å². The lowest BCUT2D eigenvalue weighted by atomic mass is 9.86. The van der Waals surface area contributed by atoms with Crippen LogP contribution in [0.5, 0.6) is 0 Å². The summed E-state index contributed by atoms with van der Waals surface area (Å²) in [7, 11) is 0. The zero-order chi connectivity index (χ0) is 20.5. The quantitative estimate of drug-likeness (QED) is 0.732. The summed E-state index contributed by atoms with van der Waals surface area (Å²) in [6.07, 6.45) is 6.48. The maximum Gasteiger partial charge on any atom is 0.225 e. The number of amides is 1. The smallest absolute Gasteiger partial charge is 0.225 e. The fourth-order valence-electron chi connectivity index (χ4n) is 6.65. The third-order valence-corrected chi connectivity index (χ3v) is 8.25. The zero-order valence-corrected chi connectivity index (χ0v) is 18.6. The first-order valence-corrected chi connectivity index (χ1v) is 12.4. The summed E-state index contributed by atoms with van der Waals surface area (Å²) < 4.78 is 11.2. The highest BCUT2D eigenvalue weighted by Crippen LogP contribution is 2.35. The number of carbonyl (C=O) groups excluding carboxylic acids is 1. The van der Waals surface area contributed by atoms with E-state index >= 15 is 0 Å². The van der Waals surface area contributed by atoms with E-state index in [4.69, 9.17) is 9.47 Å². The van der Waals surface area contributed by atoms with Gasteiger partial charge in [0, 0.05) is 44.2 Å². The molecule has 0 aromatic carbocycles. The number of carbonyl (C=O) groups is 1. The number of fused-ring (bicyclic) bond motifs is 2. The van der Waals surface area contributed by atoms with Crippen LogP contribution in [0.25, 0.3) is 0 Å². The average molecular weight is 421 g/mol. The molecule has 30 heavy (non-hydrogen) atoms. The highest BCUT2D eigenvalue weighted by molar-refractivity contribution is 5.79. The predicted octanol–water partition coefficient (Wildman–Crippen LogP) is 0.992. The molecule has 170 valence electrons. The molecule has 2 bridgehead atoms. The lowest BCUT2D eigenvalue weighted by molar-refractivity contribution is -0.141. The molecule has 5 aliphatic heterocycles. The average Bonchev–Trinajstić information content (AvgIpc) is 3.02. The molecule has 0 aliphatic carbocycles. The molecule has 0 spiro atoms. The van der Waals surface area contributed by atoms with Gasteiger partial charge >= 0.3 is 0 Å². The molecule has 5 heterocycles. The molecule has 5 rings (SSSR count). The Morgan fingerprint density at radius 2 is 1.67 bits per heavy atom. The predicted molar refractivity (Wildman–Crippen MR) is 115 cm³/mol. The molecular weight excluding hydrogens is 380 g/mol. The highest BCUT2D eigenvalue weighted by Gasteiger charge is 2.44. The van der Waals surface area contributed by atoms with Gasteiger partial charge in [-0.05, 0) is 57.0 Å². The second-order valence-corrected chi connectivity index (χ2v) is 10.3. The van der Waals surface area contributed by atoms with Crippen molar-refractivity contribution >= 4 is 5.91 Å². The Balaban J connectivity index is 1.07. The Labute approximate surface area is 181 Å². The topological polar surface area (TPSA) is 57.3 Å². The Kier molecular flexibility index (Phi) is 6.63. The van der Waals surface area contributed by atoms with Crippen LogP contribution < -0.4 is 5.32 Å². The molecule has 0 radical (unpaired) electrons. The number of likely N-dealkylation sites (tertiary alicyclic amines) is 1. The van der Waals surface area contributed by atoms with Gasteiger partial charge in [0.25, 0.3) is 0 Å². The molecule has 7 heteroatoms. The number of morpholine rings is 2. The highest BCUT2D eigenvalue weighted by atomic mass is 16.5. The van der Waals surface area contributed by atoms with Crippen LogP contribution in [-0.4, -0.2) is 105 Å². The molecule has 5 aliphatic rings. The maximum atomic E-state index is 12.8. The van der Waals surface area contributed by atoms with E-state index in [2.05, 4.69) is 22.0 Å². The lowest BCUT2D eigenvalue weighted by Crippen LogP contribution is -2.62. The first kappa shape index (κ1) is 21.1. The summed E-state index contributed by atoms with van der Waals surface area (Å²) in [6.45, 7) is 11.7. The largest absolute Gasteiger partial charge is 0.378 e. The first-order valence-electron chi connectivity index (χ1n) is 12.4. The SMILES string of the molecule is CC1CC(CN2CCC(C(=O)N3CCOCC3)CC2)CNC1N1C2CCC1COC2. The van der Waals surface area contributed by atoms with E-state index in [0.29, 0.717) is 43.3 Å². The minimum atomic E-state index is 0.226. The molecular formula is C23H40N4O3. The molecule has 0 aromatic heterocycles. The maximum absolute atomic E-state index is 12.8. The zero-order valence-electron chi connectivity index (χ0n) is 18.6. The second-order valence-electron chi connectivity index (χ2n) is 10.3. The van der Waals surface area contributed by atoms with Crippen molar-refractivity contribution in [2.45, 2.75) is 57.3 Å². The van der Waals surface area contributed by atoms with E-state index in [0.717, 1.165) is 64.7 Å². The van der Waals surface area contributed by atoms with Crippen LogP contribution in [0.15, 0.2) is 0 Å². The van der Waals surface area contributed by atoms with Crippen molar-refractivity contribution in [3.05, 3.63) is 0 Å². The third kappa shape index (κ3) is 4.42. The van der Waals surface area contributed by atoms with Gasteiger partial charge in [0.2, 0.25) is 5.91 Å². The second kappa shape index (κ2) is 9.41. The lowest BCUT2D eigenvalue weighted by Gasteiger charge is -2.47. The van der Waals surface area contributed by atoms with Gasteiger partial charge < -0.3 is 24.6 Å². The van der Waals surface area contributed by atoms with Crippen LogP contribution in [0.3, 0.4) is 0 Å². The Morgan fingerprint density at radius 3 is 2.33 bits per heavy atom. The van der Waals surface area contributed by atoms with Crippen molar-refractivity contribution in [3.8, 4) is 0 Å². The normalized spacial score (nSPS) is 39.4. The summed E-state index contributed by atoms with van der Waals surface area (Å²) >= 11 is 0. The van der Waals surface area contributed by atoms with Crippen LogP contribution in [0.2, 0.25) is 0 Å². The van der Waals surface area contributed by atoms with Gasteiger partial charge in [-0.2, -0.15) is 0 Å². The van der Waals surface area contributed by atoms with Crippen LogP contribution in [-0.2, 0) is 14.3 Å². The summed E-state index contributed by atoms with van der Waals surface area (Å²) in [5.41, 5.74) is 0. The van der Waals surface area contributed by atoms with Crippen LogP contribution in [0, 0.1) is 17.8 Å². The Hall–Kier alpha value is -0.730. The number of ether oxygens (including phenoxy) is 2. The van der Waals surface area contributed by atoms with Crippen molar-refractivity contribution in [1.29, 1.82) is 0 Å². The molecule has 0 saturated carbocycles. The van der Waals surface area contributed by atoms with Crippen molar-refractivity contribution in [2.75, 3.05) is 65.7 Å². The van der Waals surface area contributed by atoms with Crippen molar-refractivity contribution < 1.29 is 14.3 Å². The van der Waals surface area contributed by atoms with E-state index in [9.17, 15) is 4.79 Å². The fourth-order valence-corrected chi connectivity index (χ4v) is 6.65. The van der Waals surface area contributed by atoms with Crippen LogP contribution in [0.1, 0.15) is 39.0 Å². The van der Waals surface area contributed by atoms with Gasteiger partial charge in [-0.3, -0.25) is 9.69 Å². The summed E-state index contributed by atoms with van der Waals surface area (Å²) in [5, 5.41) is 3.92. The standard InChI is InChI=1S/C23H40N4O3/c1-17-12-18(13-24-22(17)27-20-2-3-21(27)16-30-15-20)14-25-6-4-19(5-7-25)23(28)26-8-10-29-11-9-26/h17-22,24H,2-16H2,1H3. The summed E-state index contributed by atoms with van der Waals surface area (Å²) in [6, 6.07) is 1.26. The van der Waals surface area contributed by atoms with Gasteiger partial charge in [-0.1, -0.05) is 6.92 Å². The molecule has 5 fully saturated rings. The summed E-state index contributed by atoms with van der Waals surface area (Å²) in [5.74, 6) is 2.00. The van der Waals surface area contributed by atoms with Gasteiger partial charge in [0.05, 0.1) is 32.6 Å². The third-order valence-electron chi connectivity index (χ3n) is 8.25. The number of nitrogens with zero attached hydrogens (tertiary/aromatic N) is 3. The van der Waals surface area contributed by atoms with E-state index in [1.165, 1.54) is 25.8 Å². The number of nitrogens with one attached hydrogen (secondary N) is 1. The molecule has 0 aromatic rings. The molecule has 1 amide bonds. The molecule has 5 saturated heterocycles. The number of hydrogen-bond donors (Lipinski definition) is 1. The van der Waals surface area contributed by atoms with Gasteiger partial charge in [0.15, 0.2) is 0 Å². The van der Waals surface area contributed by atoms with Gasteiger partial charge in [0.1, 0.15) is 0 Å². The van der Waals surface area contributed by atoms with Gasteiger partial charge in [-0.25, -0.2) is 0 Å². The van der Waals surface area contributed by atoms with E-state index in [-0.39, 0.29) is 5.92 Å². The van der Waals surface area contributed by atoms with Crippen LogP contribution in [0.4, 0.5) is 0 Å². The molecule has 1 N–H and O–H groups in total. The number of hydrogen-bond acceptors (Lipinski definition) is 6. The Bertz CT molecular complexity index is 575. The fraction of sp³-hybridized carbons (Fsp3) is 0.957. The van der Waals surface area contributed by atoms with E-state index < -0.39 is 0 Å². The first-order chi connectivity index (χ1) is 14.7. The molecule has 5 unspecified atom stereocenters. The minimum absolute atomic E-state index is 0.226. The molecule has 7 nitrogen and oxygen atoms in total. The van der Waals surface area contributed by atoms with Crippen molar-refractivity contribution in [1.82, 2.24) is 20.0 Å². The number of piperidine rings is 2. The van der Waals surface area contributed by atoms with E-state index in [1.807, 2.05) is 4.90 Å². The number of rotatable bonds is 4. The molecule has 5 atom stereocenters. The monoisotopic (exact) mass is 420 g/mol.